The topological polar surface area (TPSA) is 36.4 Å². The van der Waals surface area contributed by atoms with Gasteiger partial charge in [-0.05, 0) is 69.0 Å². The van der Waals surface area contributed by atoms with Crippen LogP contribution in [0.15, 0.2) is 42.6 Å². The Labute approximate surface area is 160 Å². The van der Waals surface area contributed by atoms with Crippen molar-refractivity contribution in [1.29, 1.82) is 0 Å². The molecule has 4 nitrogen and oxygen atoms in total. The number of benzene rings is 1. The number of aromatic nitrogens is 1. The molecule has 0 saturated carbocycles. The zero-order valence-corrected chi connectivity index (χ0v) is 15.8. The Kier molecular flexibility index (Phi) is 5.21. The maximum absolute atomic E-state index is 13.1. The van der Waals surface area contributed by atoms with Gasteiger partial charge in [0.25, 0.3) is 5.91 Å². The fourth-order valence-corrected chi connectivity index (χ4v) is 4.35. The maximum Gasteiger partial charge on any atom is 0.254 e. The van der Waals surface area contributed by atoms with E-state index in [1.54, 1.807) is 6.07 Å². The molecular weight excluding hydrogens is 341 g/mol. The smallest absolute Gasteiger partial charge is 0.254 e. The molecule has 1 aromatic carbocycles. The molecular formula is C22H26FN3O. The van der Waals surface area contributed by atoms with E-state index in [2.05, 4.69) is 21.7 Å². The normalized spacial score (nSPS) is 23.1. The minimum atomic E-state index is -0.488. The zero-order chi connectivity index (χ0) is 18.8. The first kappa shape index (κ1) is 18.1. The second-order valence-corrected chi connectivity index (χ2v) is 7.73. The van der Waals surface area contributed by atoms with Crippen molar-refractivity contribution in [2.45, 2.75) is 44.7 Å². The quantitative estimate of drug-likeness (QED) is 0.767. The van der Waals surface area contributed by atoms with Crippen molar-refractivity contribution >= 4 is 5.91 Å². The highest BCUT2D eigenvalue weighted by molar-refractivity contribution is 5.95. The molecule has 2 aliphatic rings. The molecule has 2 atom stereocenters. The molecule has 0 N–H and O–H groups in total. The number of rotatable bonds is 4. The molecule has 1 amide bonds. The van der Waals surface area contributed by atoms with Crippen LogP contribution in [-0.4, -0.2) is 52.4 Å². The summed E-state index contributed by atoms with van der Waals surface area (Å²) < 4.78 is 13.0. The van der Waals surface area contributed by atoms with E-state index in [1.165, 1.54) is 25.1 Å². The third kappa shape index (κ3) is 3.88. The molecule has 2 aliphatic heterocycles. The van der Waals surface area contributed by atoms with E-state index in [0.717, 1.165) is 49.2 Å². The van der Waals surface area contributed by atoms with E-state index in [-0.39, 0.29) is 5.91 Å². The van der Waals surface area contributed by atoms with Crippen LogP contribution in [-0.2, 0) is 0 Å². The van der Waals surface area contributed by atoms with Crippen LogP contribution in [0.3, 0.4) is 0 Å². The zero-order valence-electron chi connectivity index (χ0n) is 15.8. The predicted octanol–water partition coefficient (Wildman–Crippen LogP) is 3.98. The molecule has 0 radical (unpaired) electrons. The molecule has 4 rings (SSSR count). The van der Waals surface area contributed by atoms with Crippen molar-refractivity contribution in [1.82, 2.24) is 14.8 Å². The number of pyridine rings is 1. The van der Waals surface area contributed by atoms with Gasteiger partial charge in [-0.1, -0.05) is 12.1 Å². The van der Waals surface area contributed by atoms with Crippen molar-refractivity contribution < 1.29 is 9.18 Å². The molecule has 0 bridgehead atoms. The molecule has 27 heavy (non-hydrogen) atoms. The van der Waals surface area contributed by atoms with Crippen molar-refractivity contribution in [3.05, 3.63) is 54.1 Å². The van der Waals surface area contributed by atoms with Gasteiger partial charge in [-0.2, -0.15) is 4.39 Å². The lowest BCUT2D eigenvalue weighted by atomic mass is 10.0. The van der Waals surface area contributed by atoms with Crippen molar-refractivity contribution in [2.24, 2.45) is 0 Å². The van der Waals surface area contributed by atoms with Gasteiger partial charge in [-0.3, -0.25) is 9.69 Å². The molecule has 5 heteroatoms. The average Bonchev–Trinajstić information content (AvgIpc) is 3.32. The highest BCUT2D eigenvalue weighted by atomic mass is 19.1. The maximum atomic E-state index is 13.1. The Morgan fingerprint density at radius 3 is 2.48 bits per heavy atom. The summed E-state index contributed by atoms with van der Waals surface area (Å²) in [6, 6.07) is 11.6. The van der Waals surface area contributed by atoms with Crippen LogP contribution in [0.5, 0.6) is 0 Å². The molecule has 2 aromatic rings. The number of nitrogens with zero attached hydrogens (tertiary/aromatic N) is 3. The fourth-order valence-electron chi connectivity index (χ4n) is 4.35. The number of amides is 1. The van der Waals surface area contributed by atoms with Crippen LogP contribution in [0.2, 0.25) is 0 Å². The van der Waals surface area contributed by atoms with E-state index in [0.29, 0.717) is 12.1 Å². The molecule has 0 spiro atoms. The van der Waals surface area contributed by atoms with E-state index in [1.807, 2.05) is 24.3 Å². The fraction of sp³-hybridized carbons (Fsp3) is 0.455. The first-order chi connectivity index (χ1) is 13.1. The average molecular weight is 367 g/mol. The van der Waals surface area contributed by atoms with Gasteiger partial charge in [0.2, 0.25) is 5.95 Å². The first-order valence-corrected chi connectivity index (χ1v) is 9.89. The Hall–Kier alpha value is -2.27. The summed E-state index contributed by atoms with van der Waals surface area (Å²) in [6.45, 7) is 5.28. The predicted molar refractivity (Wildman–Crippen MR) is 104 cm³/mol. The van der Waals surface area contributed by atoms with Gasteiger partial charge in [0.05, 0.1) is 0 Å². The minimum absolute atomic E-state index is 0.119. The van der Waals surface area contributed by atoms with Gasteiger partial charge in [-0.25, -0.2) is 4.98 Å². The molecule has 1 aromatic heterocycles. The van der Waals surface area contributed by atoms with E-state index < -0.39 is 5.95 Å². The Balaban J connectivity index is 1.46. The largest absolute Gasteiger partial charge is 0.334 e. The van der Waals surface area contributed by atoms with E-state index >= 15 is 0 Å². The number of halogens is 1. The van der Waals surface area contributed by atoms with Crippen LogP contribution < -0.4 is 0 Å². The number of carbonyl (C=O) groups is 1. The summed E-state index contributed by atoms with van der Waals surface area (Å²) in [6.07, 6.45) is 6.22. The number of hydrogen-bond donors (Lipinski definition) is 0. The summed E-state index contributed by atoms with van der Waals surface area (Å²) in [5, 5.41) is 0. The van der Waals surface area contributed by atoms with Gasteiger partial charge < -0.3 is 4.90 Å². The Bertz CT molecular complexity index is 790. The summed E-state index contributed by atoms with van der Waals surface area (Å²) in [4.78, 5) is 21.3. The molecule has 0 aliphatic carbocycles. The van der Waals surface area contributed by atoms with E-state index in [4.69, 9.17) is 0 Å². The molecule has 2 saturated heterocycles. The Morgan fingerprint density at radius 2 is 1.81 bits per heavy atom. The van der Waals surface area contributed by atoms with Gasteiger partial charge in [0, 0.05) is 42.5 Å². The minimum Gasteiger partial charge on any atom is -0.334 e. The van der Waals surface area contributed by atoms with Crippen molar-refractivity contribution in [3.63, 3.8) is 0 Å². The second kappa shape index (κ2) is 7.77. The summed E-state index contributed by atoms with van der Waals surface area (Å²) >= 11 is 0. The van der Waals surface area contributed by atoms with Crippen LogP contribution in [0, 0.1) is 5.95 Å². The third-order valence-electron chi connectivity index (χ3n) is 5.97. The molecule has 3 heterocycles. The van der Waals surface area contributed by atoms with Gasteiger partial charge >= 0.3 is 0 Å². The number of likely N-dealkylation sites (tertiary alicyclic amines) is 2. The van der Waals surface area contributed by atoms with Crippen molar-refractivity contribution in [2.75, 3.05) is 19.6 Å². The lowest BCUT2D eigenvalue weighted by molar-refractivity contribution is 0.0696. The monoisotopic (exact) mass is 367 g/mol. The third-order valence-corrected chi connectivity index (χ3v) is 5.97. The van der Waals surface area contributed by atoms with Gasteiger partial charge in [0.1, 0.15) is 0 Å². The summed E-state index contributed by atoms with van der Waals surface area (Å²) in [7, 11) is 0. The van der Waals surface area contributed by atoms with Gasteiger partial charge in [-0.15, -0.1) is 0 Å². The second-order valence-electron chi connectivity index (χ2n) is 7.73. The standard InChI is InChI=1S/C22H26FN3O/c1-16-4-2-12-25(16)15-20-5-3-13-26(20)22(27)18-8-6-17(7-9-18)19-10-11-21(23)24-14-19/h6-11,14,16,20H,2-5,12-13,15H2,1H3/t16-,20+/m1/s1. The SMILES string of the molecule is C[C@@H]1CCCN1C[C@@H]1CCCN1C(=O)c1ccc(-c2ccc(F)nc2)cc1. The summed E-state index contributed by atoms with van der Waals surface area (Å²) in [5.41, 5.74) is 2.50. The highest BCUT2D eigenvalue weighted by Gasteiger charge is 2.32. The lowest BCUT2D eigenvalue weighted by Gasteiger charge is -2.30. The van der Waals surface area contributed by atoms with Crippen LogP contribution in [0.4, 0.5) is 4.39 Å². The summed E-state index contributed by atoms with van der Waals surface area (Å²) in [5.74, 6) is -0.369. The number of hydrogen-bond acceptors (Lipinski definition) is 3. The molecule has 142 valence electrons. The van der Waals surface area contributed by atoms with Crippen LogP contribution >= 0.6 is 0 Å². The van der Waals surface area contributed by atoms with E-state index in [9.17, 15) is 9.18 Å². The van der Waals surface area contributed by atoms with Crippen LogP contribution in [0.25, 0.3) is 11.1 Å². The van der Waals surface area contributed by atoms with Gasteiger partial charge in [0.15, 0.2) is 0 Å². The van der Waals surface area contributed by atoms with Crippen LogP contribution in [0.1, 0.15) is 43.0 Å². The van der Waals surface area contributed by atoms with Crippen molar-refractivity contribution in [3.8, 4) is 11.1 Å². The first-order valence-electron chi connectivity index (χ1n) is 9.89. The Morgan fingerprint density at radius 1 is 1.07 bits per heavy atom. The molecule has 2 fully saturated rings. The highest BCUT2D eigenvalue weighted by Crippen LogP contribution is 2.26. The number of carbonyl (C=O) groups excluding carboxylic acids is 1. The molecule has 0 unspecified atom stereocenters. The lowest BCUT2D eigenvalue weighted by Crippen LogP contribution is -2.44.